The zero-order valence-corrected chi connectivity index (χ0v) is 20.9. The molecular weight excluding hydrogens is 524 g/mol. The van der Waals surface area contributed by atoms with Gasteiger partial charge >= 0.3 is 0 Å². The Morgan fingerprint density at radius 3 is 2.40 bits per heavy atom. The first-order valence-electron chi connectivity index (χ1n) is 12.2. The van der Waals surface area contributed by atoms with Crippen LogP contribution in [0, 0.1) is 23.3 Å². The predicted molar refractivity (Wildman–Crippen MR) is 141 cm³/mol. The van der Waals surface area contributed by atoms with Gasteiger partial charge in [0.25, 0.3) is 0 Å². The molecule has 6 nitrogen and oxygen atoms in total. The largest absolute Gasteiger partial charge is 0.366 e. The number of carbonyl (C=O) groups excluding carboxylic acids is 2. The number of rotatable bonds is 8. The summed E-state index contributed by atoms with van der Waals surface area (Å²) in [7, 11) is 0. The third-order valence-electron chi connectivity index (χ3n) is 6.44. The highest BCUT2D eigenvalue weighted by molar-refractivity contribution is 5.94. The molecule has 2 aromatic heterocycles. The van der Waals surface area contributed by atoms with Gasteiger partial charge in [0.05, 0.1) is 17.3 Å². The number of hydrogen-bond donors (Lipinski definition) is 2. The van der Waals surface area contributed by atoms with Crippen LogP contribution in [-0.2, 0) is 17.8 Å². The number of pyridine rings is 1. The monoisotopic (exact) mass is 546 g/mol. The van der Waals surface area contributed by atoms with Crippen molar-refractivity contribution in [2.45, 2.75) is 19.0 Å². The highest BCUT2D eigenvalue weighted by atomic mass is 19.1. The first-order valence-corrected chi connectivity index (χ1v) is 12.2. The summed E-state index contributed by atoms with van der Waals surface area (Å²) in [6.07, 6.45) is 2.94. The van der Waals surface area contributed by atoms with Crippen LogP contribution in [0.25, 0.3) is 22.0 Å². The van der Waals surface area contributed by atoms with Gasteiger partial charge in [0.15, 0.2) is 0 Å². The lowest BCUT2D eigenvalue weighted by Crippen LogP contribution is -2.33. The molecule has 202 valence electrons. The first kappa shape index (κ1) is 26.6. The van der Waals surface area contributed by atoms with Crippen molar-refractivity contribution in [3.05, 3.63) is 125 Å². The Kier molecular flexibility index (Phi) is 7.33. The Labute approximate surface area is 226 Å². The van der Waals surface area contributed by atoms with E-state index in [2.05, 4.69) is 10.3 Å². The Balaban J connectivity index is 1.52. The first-order chi connectivity index (χ1) is 19.2. The molecule has 10 heteroatoms. The lowest BCUT2D eigenvalue weighted by molar-refractivity contribution is -0.122. The summed E-state index contributed by atoms with van der Waals surface area (Å²) < 4.78 is 57.5. The van der Waals surface area contributed by atoms with Gasteiger partial charge in [-0.1, -0.05) is 18.2 Å². The van der Waals surface area contributed by atoms with Gasteiger partial charge in [-0.3, -0.25) is 14.6 Å². The van der Waals surface area contributed by atoms with Gasteiger partial charge in [0.1, 0.15) is 29.8 Å². The van der Waals surface area contributed by atoms with E-state index in [1.54, 1.807) is 36.4 Å². The van der Waals surface area contributed by atoms with Crippen LogP contribution in [-0.4, -0.2) is 21.4 Å². The van der Waals surface area contributed by atoms with Crippen molar-refractivity contribution in [1.29, 1.82) is 0 Å². The Morgan fingerprint density at radius 1 is 0.900 bits per heavy atom. The third-order valence-corrected chi connectivity index (χ3v) is 6.44. The van der Waals surface area contributed by atoms with Gasteiger partial charge in [-0.2, -0.15) is 0 Å². The molecule has 0 bridgehead atoms. The van der Waals surface area contributed by atoms with Crippen molar-refractivity contribution in [1.82, 2.24) is 14.9 Å². The van der Waals surface area contributed by atoms with E-state index >= 15 is 0 Å². The van der Waals surface area contributed by atoms with Gasteiger partial charge in [-0.05, 0) is 60.0 Å². The number of hydrogen-bond acceptors (Lipinski definition) is 3. The van der Waals surface area contributed by atoms with Crippen LogP contribution in [0.3, 0.4) is 0 Å². The van der Waals surface area contributed by atoms with E-state index in [4.69, 9.17) is 5.73 Å². The van der Waals surface area contributed by atoms with Crippen LogP contribution >= 0.6 is 0 Å². The van der Waals surface area contributed by atoms with Crippen molar-refractivity contribution >= 4 is 22.7 Å². The molecule has 0 aliphatic rings. The highest BCUT2D eigenvalue weighted by Crippen LogP contribution is 2.30. The molecule has 0 aliphatic carbocycles. The lowest BCUT2D eigenvalue weighted by Gasteiger charge is -2.22. The summed E-state index contributed by atoms with van der Waals surface area (Å²) in [5, 5.41) is 3.01. The second kappa shape index (κ2) is 11.0. The van der Waals surface area contributed by atoms with Gasteiger partial charge < -0.3 is 15.6 Å². The van der Waals surface area contributed by atoms with E-state index in [-0.39, 0.29) is 35.0 Å². The molecule has 0 aliphatic heterocycles. The average molecular weight is 547 g/mol. The average Bonchev–Trinajstić information content (AvgIpc) is 3.30. The highest BCUT2D eigenvalue weighted by Gasteiger charge is 2.22. The summed E-state index contributed by atoms with van der Waals surface area (Å²) in [5.41, 5.74) is 7.69. The van der Waals surface area contributed by atoms with Crippen molar-refractivity contribution in [3.63, 3.8) is 0 Å². The van der Waals surface area contributed by atoms with Crippen molar-refractivity contribution in [3.8, 4) is 11.1 Å². The van der Waals surface area contributed by atoms with E-state index in [1.807, 2.05) is 0 Å². The van der Waals surface area contributed by atoms with Crippen LogP contribution < -0.4 is 11.1 Å². The van der Waals surface area contributed by atoms with Crippen LogP contribution in [0.4, 0.5) is 17.6 Å². The standard InChI is InChI=1S/C30H22F4N4O2/c31-20-9-17(10-21(32)13-20)11-26(29-23(5-2-7-36-29)18-3-1-4-19(12-18)30(35)40)37-28(39)16-38-8-6-24-25(34)14-22(33)15-27(24)38/h1-10,12-15,26H,11,16H2,(H2,35,40)(H,37,39)/t26-/m0/s1. The lowest BCUT2D eigenvalue weighted by atomic mass is 9.94. The summed E-state index contributed by atoms with van der Waals surface area (Å²) >= 11 is 0. The SMILES string of the molecule is NC(=O)c1cccc(-c2cccnc2[C@H](Cc2cc(F)cc(F)c2)NC(=O)Cn2ccc3c(F)cc(F)cc32)c1. The quantitative estimate of drug-likeness (QED) is 0.253. The number of benzene rings is 3. The van der Waals surface area contributed by atoms with Crippen LogP contribution in [0.2, 0.25) is 0 Å². The molecule has 2 amide bonds. The minimum atomic E-state index is -0.877. The van der Waals surface area contributed by atoms with Crippen LogP contribution in [0.5, 0.6) is 0 Å². The molecule has 5 aromatic rings. The van der Waals surface area contributed by atoms with Crippen molar-refractivity contribution in [2.24, 2.45) is 5.73 Å². The fourth-order valence-electron chi connectivity index (χ4n) is 4.71. The zero-order valence-electron chi connectivity index (χ0n) is 20.9. The molecule has 40 heavy (non-hydrogen) atoms. The maximum Gasteiger partial charge on any atom is 0.248 e. The number of nitrogens with zero attached hydrogens (tertiary/aromatic N) is 2. The topological polar surface area (TPSA) is 90.0 Å². The molecule has 5 rings (SSSR count). The minimum Gasteiger partial charge on any atom is -0.366 e. The number of nitrogens with two attached hydrogens (primary N) is 1. The minimum absolute atomic E-state index is 0.0321. The van der Waals surface area contributed by atoms with Crippen LogP contribution in [0.15, 0.2) is 85.2 Å². The molecule has 0 saturated carbocycles. The van der Waals surface area contributed by atoms with E-state index in [0.29, 0.717) is 16.8 Å². The maximum atomic E-state index is 14.2. The molecule has 3 N–H and O–H groups in total. The molecule has 2 heterocycles. The Hall–Kier alpha value is -4.99. The number of carbonyl (C=O) groups is 2. The van der Waals surface area contributed by atoms with E-state index in [9.17, 15) is 27.2 Å². The molecular formula is C30H22F4N4O2. The Morgan fingerprint density at radius 2 is 1.65 bits per heavy atom. The summed E-state index contributed by atoms with van der Waals surface area (Å²) in [5.74, 6) is -4.26. The molecule has 0 saturated heterocycles. The van der Waals surface area contributed by atoms with Gasteiger partial charge in [-0.25, -0.2) is 17.6 Å². The normalized spacial score (nSPS) is 11.9. The number of primary amides is 1. The zero-order chi connectivity index (χ0) is 28.4. The molecule has 1 atom stereocenters. The smallest absolute Gasteiger partial charge is 0.248 e. The number of fused-ring (bicyclic) bond motifs is 1. The fourth-order valence-corrected chi connectivity index (χ4v) is 4.71. The maximum absolute atomic E-state index is 14.2. The van der Waals surface area contributed by atoms with Crippen LogP contribution in [0.1, 0.15) is 27.7 Å². The van der Waals surface area contributed by atoms with E-state index < -0.39 is 41.1 Å². The fraction of sp³-hybridized carbons (Fsp3) is 0.100. The molecule has 0 fully saturated rings. The van der Waals surface area contributed by atoms with Gasteiger partial charge in [-0.15, -0.1) is 0 Å². The molecule has 3 aromatic carbocycles. The predicted octanol–water partition coefficient (Wildman–Crippen LogP) is 5.46. The summed E-state index contributed by atoms with van der Waals surface area (Å²) in [6, 6.07) is 15.4. The number of nitrogens with one attached hydrogen (secondary N) is 1. The summed E-state index contributed by atoms with van der Waals surface area (Å²) in [6.45, 7) is -0.292. The van der Waals surface area contributed by atoms with Crippen molar-refractivity contribution in [2.75, 3.05) is 0 Å². The van der Waals surface area contributed by atoms with Crippen molar-refractivity contribution < 1.29 is 27.2 Å². The second-order valence-corrected chi connectivity index (χ2v) is 9.25. The van der Waals surface area contributed by atoms with E-state index in [0.717, 1.165) is 30.3 Å². The number of amides is 2. The Bertz CT molecular complexity index is 1730. The van der Waals surface area contributed by atoms with E-state index in [1.165, 1.54) is 23.0 Å². The molecule has 0 unspecified atom stereocenters. The van der Waals surface area contributed by atoms with Gasteiger partial charge in [0, 0.05) is 41.0 Å². The number of aromatic nitrogens is 2. The second-order valence-electron chi connectivity index (χ2n) is 9.25. The number of halogens is 4. The summed E-state index contributed by atoms with van der Waals surface area (Å²) in [4.78, 5) is 29.5. The third kappa shape index (κ3) is 5.70. The molecule has 0 spiro atoms. The van der Waals surface area contributed by atoms with Gasteiger partial charge in [0.2, 0.25) is 11.8 Å². The molecule has 0 radical (unpaired) electrons.